The molecule has 1 aromatic heterocycles. The SMILES string of the molecule is S=c1[nH]ccnc1-c1ccccc1Cl. The van der Waals surface area contributed by atoms with Crippen LogP contribution < -0.4 is 0 Å². The third-order valence-electron chi connectivity index (χ3n) is 1.84. The first-order valence-corrected chi connectivity index (χ1v) is 4.86. The lowest BCUT2D eigenvalue weighted by atomic mass is 10.2. The highest BCUT2D eigenvalue weighted by Gasteiger charge is 2.04. The lowest BCUT2D eigenvalue weighted by Gasteiger charge is -2.02. The molecule has 2 aromatic rings. The van der Waals surface area contributed by atoms with Crippen LogP contribution in [0.5, 0.6) is 0 Å². The van der Waals surface area contributed by atoms with Crippen molar-refractivity contribution in [2.45, 2.75) is 0 Å². The molecule has 0 radical (unpaired) electrons. The van der Waals surface area contributed by atoms with Gasteiger partial charge in [0.05, 0.1) is 5.02 Å². The third kappa shape index (κ3) is 1.69. The van der Waals surface area contributed by atoms with E-state index in [0.29, 0.717) is 15.4 Å². The first-order valence-electron chi connectivity index (χ1n) is 4.07. The van der Waals surface area contributed by atoms with E-state index in [1.165, 1.54) is 0 Å². The summed E-state index contributed by atoms with van der Waals surface area (Å²) < 4.78 is 0.598. The number of H-pyrrole nitrogens is 1. The molecule has 0 saturated carbocycles. The average molecular weight is 223 g/mol. The fraction of sp³-hybridized carbons (Fsp3) is 0. The van der Waals surface area contributed by atoms with E-state index in [1.807, 2.05) is 24.3 Å². The van der Waals surface area contributed by atoms with Crippen molar-refractivity contribution in [3.05, 3.63) is 46.3 Å². The molecule has 0 spiro atoms. The summed E-state index contributed by atoms with van der Waals surface area (Å²) in [5.74, 6) is 0. The maximum atomic E-state index is 6.03. The van der Waals surface area contributed by atoms with Crippen LogP contribution in [-0.2, 0) is 0 Å². The molecule has 0 aliphatic heterocycles. The summed E-state index contributed by atoms with van der Waals surface area (Å²) in [7, 11) is 0. The molecule has 0 aliphatic carbocycles. The molecule has 4 heteroatoms. The van der Waals surface area contributed by atoms with E-state index in [4.69, 9.17) is 23.8 Å². The maximum Gasteiger partial charge on any atom is 0.129 e. The number of nitrogens with one attached hydrogen (secondary N) is 1. The zero-order chi connectivity index (χ0) is 9.97. The molecule has 0 atom stereocenters. The van der Waals surface area contributed by atoms with Crippen LogP contribution in [0.2, 0.25) is 5.02 Å². The van der Waals surface area contributed by atoms with E-state index in [0.717, 1.165) is 5.56 Å². The normalized spacial score (nSPS) is 10.1. The molecule has 2 rings (SSSR count). The van der Waals surface area contributed by atoms with E-state index >= 15 is 0 Å². The summed E-state index contributed by atoms with van der Waals surface area (Å²) >= 11 is 11.1. The largest absolute Gasteiger partial charge is 0.350 e. The number of hydrogen-bond donors (Lipinski definition) is 1. The third-order valence-corrected chi connectivity index (χ3v) is 2.48. The number of halogens is 1. The van der Waals surface area contributed by atoms with Crippen molar-refractivity contribution < 1.29 is 0 Å². The Balaban J connectivity index is 2.67. The van der Waals surface area contributed by atoms with E-state index < -0.39 is 0 Å². The van der Waals surface area contributed by atoms with Crippen molar-refractivity contribution in [3.8, 4) is 11.3 Å². The van der Waals surface area contributed by atoms with Gasteiger partial charge in [0, 0.05) is 18.0 Å². The summed E-state index contributed by atoms with van der Waals surface area (Å²) in [6.45, 7) is 0. The van der Waals surface area contributed by atoms with Crippen molar-refractivity contribution in [2.75, 3.05) is 0 Å². The van der Waals surface area contributed by atoms with Crippen molar-refractivity contribution in [1.82, 2.24) is 9.97 Å². The number of aromatic nitrogens is 2. The monoisotopic (exact) mass is 222 g/mol. The predicted molar refractivity (Wildman–Crippen MR) is 59.9 cm³/mol. The van der Waals surface area contributed by atoms with E-state index in [1.54, 1.807) is 12.4 Å². The average Bonchev–Trinajstić information content (AvgIpc) is 2.20. The van der Waals surface area contributed by atoms with Gasteiger partial charge in [-0.3, -0.25) is 4.98 Å². The van der Waals surface area contributed by atoms with Gasteiger partial charge in [-0.05, 0) is 6.07 Å². The van der Waals surface area contributed by atoms with E-state index in [2.05, 4.69) is 9.97 Å². The molecule has 0 fully saturated rings. The summed E-state index contributed by atoms with van der Waals surface area (Å²) in [6, 6.07) is 7.50. The van der Waals surface area contributed by atoms with Crippen LogP contribution in [0.25, 0.3) is 11.3 Å². The molecule has 14 heavy (non-hydrogen) atoms. The van der Waals surface area contributed by atoms with Crippen LogP contribution >= 0.6 is 23.8 Å². The van der Waals surface area contributed by atoms with Crippen molar-refractivity contribution >= 4 is 23.8 Å². The molecule has 70 valence electrons. The lowest BCUT2D eigenvalue weighted by Crippen LogP contribution is -1.87. The standard InChI is InChI=1S/C10H7ClN2S/c11-8-4-2-1-3-7(8)9-10(14)13-6-5-12-9/h1-6H,(H,13,14). The minimum absolute atomic E-state index is 0.598. The number of hydrogen-bond acceptors (Lipinski definition) is 2. The van der Waals surface area contributed by atoms with Crippen molar-refractivity contribution in [2.24, 2.45) is 0 Å². The Hall–Kier alpha value is -1.19. The maximum absolute atomic E-state index is 6.03. The summed E-state index contributed by atoms with van der Waals surface area (Å²) in [6.07, 6.45) is 3.36. The molecule has 1 heterocycles. The molecule has 1 N–H and O–H groups in total. The van der Waals surface area contributed by atoms with Gasteiger partial charge in [0.2, 0.25) is 0 Å². The van der Waals surface area contributed by atoms with Gasteiger partial charge in [-0.25, -0.2) is 0 Å². The van der Waals surface area contributed by atoms with Crippen LogP contribution in [0, 0.1) is 4.64 Å². The smallest absolute Gasteiger partial charge is 0.129 e. The van der Waals surface area contributed by atoms with Gasteiger partial charge in [-0.2, -0.15) is 0 Å². The second-order valence-electron chi connectivity index (χ2n) is 2.75. The summed E-state index contributed by atoms with van der Waals surface area (Å²) in [5.41, 5.74) is 1.57. The predicted octanol–water partition coefficient (Wildman–Crippen LogP) is 3.46. The first-order chi connectivity index (χ1) is 6.79. The highest BCUT2D eigenvalue weighted by molar-refractivity contribution is 7.71. The van der Waals surface area contributed by atoms with Crippen molar-refractivity contribution in [1.29, 1.82) is 0 Å². The highest BCUT2D eigenvalue weighted by atomic mass is 35.5. The van der Waals surface area contributed by atoms with Crippen molar-refractivity contribution in [3.63, 3.8) is 0 Å². The zero-order valence-electron chi connectivity index (χ0n) is 7.20. The molecule has 2 nitrogen and oxygen atoms in total. The molecule has 1 aromatic carbocycles. The second kappa shape index (κ2) is 3.90. The molecule has 0 amide bonds. The fourth-order valence-electron chi connectivity index (χ4n) is 1.20. The number of rotatable bonds is 1. The molecule has 0 unspecified atom stereocenters. The molecule has 0 saturated heterocycles. The van der Waals surface area contributed by atoms with Crippen LogP contribution in [0.1, 0.15) is 0 Å². The van der Waals surface area contributed by atoms with Gasteiger partial charge in [-0.15, -0.1) is 0 Å². The number of aromatic amines is 1. The fourth-order valence-corrected chi connectivity index (χ4v) is 1.65. The van der Waals surface area contributed by atoms with Gasteiger partial charge in [0.1, 0.15) is 10.3 Å². The Labute approximate surface area is 91.6 Å². The van der Waals surface area contributed by atoms with Gasteiger partial charge in [-0.1, -0.05) is 42.0 Å². The zero-order valence-corrected chi connectivity index (χ0v) is 8.77. The highest BCUT2D eigenvalue weighted by Crippen LogP contribution is 2.25. The minimum atomic E-state index is 0.598. The Morgan fingerprint density at radius 1 is 1.29 bits per heavy atom. The quantitative estimate of drug-likeness (QED) is 0.749. The number of benzene rings is 1. The Morgan fingerprint density at radius 2 is 2.07 bits per heavy atom. The molecular formula is C10H7ClN2S. The summed E-state index contributed by atoms with van der Waals surface area (Å²) in [4.78, 5) is 7.11. The van der Waals surface area contributed by atoms with Gasteiger partial charge in [0.25, 0.3) is 0 Å². The van der Waals surface area contributed by atoms with Crippen LogP contribution in [0.4, 0.5) is 0 Å². The Bertz CT molecular complexity index is 507. The van der Waals surface area contributed by atoms with E-state index in [9.17, 15) is 0 Å². The lowest BCUT2D eigenvalue weighted by molar-refractivity contribution is 1.18. The topological polar surface area (TPSA) is 28.7 Å². The van der Waals surface area contributed by atoms with E-state index in [-0.39, 0.29) is 0 Å². The molecular weight excluding hydrogens is 216 g/mol. The van der Waals surface area contributed by atoms with Crippen LogP contribution in [0.15, 0.2) is 36.7 Å². The number of nitrogens with zero attached hydrogens (tertiary/aromatic N) is 1. The first kappa shape index (κ1) is 9.37. The van der Waals surface area contributed by atoms with Gasteiger partial charge >= 0.3 is 0 Å². The molecule has 0 aliphatic rings. The second-order valence-corrected chi connectivity index (χ2v) is 3.56. The van der Waals surface area contributed by atoms with Gasteiger partial charge in [0.15, 0.2) is 0 Å². The Morgan fingerprint density at radius 3 is 2.79 bits per heavy atom. The van der Waals surface area contributed by atoms with Crippen LogP contribution in [-0.4, -0.2) is 9.97 Å². The Kier molecular flexibility index (Phi) is 2.61. The molecule has 0 bridgehead atoms. The van der Waals surface area contributed by atoms with Crippen LogP contribution in [0.3, 0.4) is 0 Å². The van der Waals surface area contributed by atoms with Gasteiger partial charge < -0.3 is 4.98 Å². The minimum Gasteiger partial charge on any atom is -0.350 e. The summed E-state index contributed by atoms with van der Waals surface area (Å²) in [5, 5.41) is 0.658.